The standard InChI is InChI=1S/C15H23Br2NO2/c1-4-6-18-9-11-7-12(16)14(13(17)8-11)20-10-15(3,19)5-2/h7-8,18-19H,4-6,9-10H2,1-3H3. The van der Waals surface area contributed by atoms with Crippen molar-refractivity contribution < 1.29 is 9.84 Å². The molecule has 0 bridgehead atoms. The van der Waals surface area contributed by atoms with Crippen LogP contribution in [0, 0.1) is 0 Å². The molecule has 20 heavy (non-hydrogen) atoms. The number of hydrogen-bond donors (Lipinski definition) is 2. The fraction of sp³-hybridized carbons (Fsp3) is 0.600. The Hall–Kier alpha value is -0.100. The summed E-state index contributed by atoms with van der Waals surface area (Å²) in [6.07, 6.45) is 1.77. The molecule has 1 aromatic rings. The number of ether oxygens (including phenoxy) is 1. The summed E-state index contributed by atoms with van der Waals surface area (Å²) in [5, 5.41) is 13.4. The molecule has 0 aromatic heterocycles. The molecular weight excluding hydrogens is 386 g/mol. The quantitative estimate of drug-likeness (QED) is 0.631. The van der Waals surface area contributed by atoms with Crippen molar-refractivity contribution in [1.82, 2.24) is 5.32 Å². The van der Waals surface area contributed by atoms with Gasteiger partial charge in [-0.05, 0) is 75.9 Å². The maximum Gasteiger partial charge on any atom is 0.147 e. The molecule has 0 saturated heterocycles. The summed E-state index contributed by atoms with van der Waals surface area (Å²) in [6.45, 7) is 7.97. The minimum absolute atomic E-state index is 0.272. The second-order valence-electron chi connectivity index (χ2n) is 5.20. The van der Waals surface area contributed by atoms with Gasteiger partial charge in [0.25, 0.3) is 0 Å². The van der Waals surface area contributed by atoms with E-state index in [9.17, 15) is 5.11 Å². The molecule has 0 amide bonds. The van der Waals surface area contributed by atoms with Gasteiger partial charge < -0.3 is 15.2 Å². The predicted molar refractivity (Wildman–Crippen MR) is 90.2 cm³/mol. The van der Waals surface area contributed by atoms with Crippen LogP contribution in [-0.2, 0) is 6.54 Å². The lowest BCUT2D eigenvalue weighted by Crippen LogP contribution is -2.31. The summed E-state index contributed by atoms with van der Waals surface area (Å²) in [5.74, 6) is 0.734. The molecule has 0 aliphatic heterocycles. The lowest BCUT2D eigenvalue weighted by atomic mass is 10.1. The molecule has 3 nitrogen and oxygen atoms in total. The summed E-state index contributed by atoms with van der Waals surface area (Å²) < 4.78 is 7.53. The third kappa shape index (κ3) is 5.72. The molecule has 0 radical (unpaired) electrons. The first kappa shape index (κ1) is 18.0. The van der Waals surface area contributed by atoms with E-state index in [1.807, 2.05) is 19.1 Å². The van der Waals surface area contributed by atoms with Crippen LogP contribution in [0.4, 0.5) is 0 Å². The molecule has 0 spiro atoms. The van der Waals surface area contributed by atoms with Gasteiger partial charge in [-0.2, -0.15) is 0 Å². The van der Waals surface area contributed by atoms with Crippen LogP contribution < -0.4 is 10.1 Å². The van der Waals surface area contributed by atoms with E-state index in [0.717, 1.165) is 34.2 Å². The van der Waals surface area contributed by atoms with E-state index >= 15 is 0 Å². The second kappa shape index (κ2) is 8.37. The van der Waals surface area contributed by atoms with Crippen LogP contribution in [0.1, 0.15) is 39.2 Å². The van der Waals surface area contributed by atoms with Gasteiger partial charge in [-0.15, -0.1) is 0 Å². The van der Waals surface area contributed by atoms with Crippen molar-refractivity contribution in [2.24, 2.45) is 0 Å². The van der Waals surface area contributed by atoms with Crippen molar-refractivity contribution in [3.8, 4) is 5.75 Å². The molecule has 5 heteroatoms. The van der Waals surface area contributed by atoms with E-state index < -0.39 is 5.60 Å². The van der Waals surface area contributed by atoms with Gasteiger partial charge in [0, 0.05) is 6.54 Å². The third-order valence-electron chi connectivity index (χ3n) is 3.10. The number of halogens is 2. The molecule has 114 valence electrons. The Bertz CT molecular complexity index is 413. The molecule has 1 atom stereocenters. The minimum Gasteiger partial charge on any atom is -0.488 e. The van der Waals surface area contributed by atoms with E-state index in [2.05, 4.69) is 44.1 Å². The molecular formula is C15H23Br2NO2. The molecule has 2 N–H and O–H groups in total. The van der Waals surface area contributed by atoms with E-state index in [0.29, 0.717) is 6.42 Å². The molecule has 0 fully saturated rings. The van der Waals surface area contributed by atoms with Crippen molar-refractivity contribution >= 4 is 31.9 Å². The fourth-order valence-electron chi connectivity index (χ4n) is 1.59. The maximum absolute atomic E-state index is 10.00. The molecule has 1 unspecified atom stereocenters. The number of aliphatic hydroxyl groups is 1. The predicted octanol–water partition coefficient (Wildman–Crippen LogP) is 4.25. The van der Waals surface area contributed by atoms with E-state index in [-0.39, 0.29) is 6.61 Å². The van der Waals surface area contributed by atoms with E-state index in [1.54, 1.807) is 6.92 Å². The van der Waals surface area contributed by atoms with Gasteiger partial charge >= 0.3 is 0 Å². The Morgan fingerprint density at radius 2 is 1.85 bits per heavy atom. The second-order valence-corrected chi connectivity index (χ2v) is 6.91. The zero-order valence-corrected chi connectivity index (χ0v) is 15.5. The molecule has 1 aromatic carbocycles. The van der Waals surface area contributed by atoms with Crippen LogP contribution in [0.5, 0.6) is 5.75 Å². The third-order valence-corrected chi connectivity index (χ3v) is 4.28. The van der Waals surface area contributed by atoms with Crippen molar-refractivity contribution in [3.63, 3.8) is 0 Å². The van der Waals surface area contributed by atoms with E-state index in [1.165, 1.54) is 5.56 Å². The van der Waals surface area contributed by atoms with Crippen molar-refractivity contribution in [2.75, 3.05) is 13.2 Å². The first-order valence-electron chi connectivity index (χ1n) is 6.93. The topological polar surface area (TPSA) is 41.5 Å². The average Bonchev–Trinajstić information content (AvgIpc) is 2.38. The fourth-order valence-corrected chi connectivity index (χ4v) is 3.10. The normalized spacial score (nSPS) is 14.1. The van der Waals surface area contributed by atoms with Crippen LogP contribution in [0.25, 0.3) is 0 Å². The first-order chi connectivity index (χ1) is 9.39. The van der Waals surface area contributed by atoms with Gasteiger partial charge in [0.05, 0.1) is 14.5 Å². The highest BCUT2D eigenvalue weighted by atomic mass is 79.9. The summed E-state index contributed by atoms with van der Waals surface area (Å²) in [7, 11) is 0. The lowest BCUT2D eigenvalue weighted by Gasteiger charge is -2.22. The number of rotatable bonds is 8. The molecule has 1 rings (SSSR count). The summed E-state index contributed by atoms with van der Waals surface area (Å²) in [6, 6.07) is 4.09. The van der Waals surface area contributed by atoms with Crippen molar-refractivity contribution in [1.29, 1.82) is 0 Å². The molecule has 0 aliphatic rings. The Labute approximate surface area is 138 Å². The van der Waals surface area contributed by atoms with Crippen molar-refractivity contribution in [3.05, 3.63) is 26.6 Å². The van der Waals surface area contributed by atoms with Gasteiger partial charge in [0.2, 0.25) is 0 Å². The van der Waals surface area contributed by atoms with Crippen molar-refractivity contribution in [2.45, 2.75) is 45.8 Å². The summed E-state index contributed by atoms with van der Waals surface area (Å²) >= 11 is 7.06. The summed E-state index contributed by atoms with van der Waals surface area (Å²) in [4.78, 5) is 0. The van der Waals surface area contributed by atoms with Gasteiger partial charge in [0.15, 0.2) is 0 Å². The Kier molecular flexibility index (Phi) is 7.51. The highest BCUT2D eigenvalue weighted by Gasteiger charge is 2.20. The van der Waals surface area contributed by atoms with Gasteiger partial charge in [-0.1, -0.05) is 13.8 Å². The van der Waals surface area contributed by atoms with Crippen LogP contribution in [0.3, 0.4) is 0 Å². The van der Waals surface area contributed by atoms with Crippen LogP contribution in [-0.4, -0.2) is 23.9 Å². The number of hydrogen-bond acceptors (Lipinski definition) is 3. The minimum atomic E-state index is -0.805. The Morgan fingerprint density at radius 3 is 2.35 bits per heavy atom. The molecule has 0 aliphatic carbocycles. The van der Waals surface area contributed by atoms with Gasteiger partial charge in [0.1, 0.15) is 12.4 Å². The zero-order chi connectivity index (χ0) is 15.2. The molecule has 0 heterocycles. The highest BCUT2D eigenvalue weighted by molar-refractivity contribution is 9.11. The Morgan fingerprint density at radius 1 is 1.25 bits per heavy atom. The Balaban J connectivity index is 2.73. The monoisotopic (exact) mass is 407 g/mol. The summed E-state index contributed by atoms with van der Waals surface area (Å²) in [5.41, 5.74) is 0.382. The van der Waals surface area contributed by atoms with Gasteiger partial charge in [-0.3, -0.25) is 0 Å². The smallest absolute Gasteiger partial charge is 0.147 e. The zero-order valence-electron chi connectivity index (χ0n) is 12.3. The average molecular weight is 409 g/mol. The SMILES string of the molecule is CCCNCc1cc(Br)c(OCC(C)(O)CC)c(Br)c1. The number of nitrogens with one attached hydrogen (secondary N) is 1. The van der Waals surface area contributed by atoms with E-state index in [4.69, 9.17) is 4.74 Å². The number of benzene rings is 1. The van der Waals surface area contributed by atoms with Gasteiger partial charge in [-0.25, -0.2) is 0 Å². The maximum atomic E-state index is 10.00. The molecule has 0 saturated carbocycles. The highest BCUT2D eigenvalue weighted by Crippen LogP contribution is 2.35. The van der Waals surface area contributed by atoms with Crippen LogP contribution in [0.15, 0.2) is 21.1 Å². The van der Waals surface area contributed by atoms with Crippen LogP contribution in [0.2, 0.25) is 0 Å². The lowest BCUT2D eigenvalue weighted by molar-refractivity contribution is 0.00799. The van der Waals surface area contributed by atoms with Crippen LogP contribution >= 0.6 is 31.9 Å². The largest absolute Gasteiger partial charge is 0.488 e. The first-order valence-corrected chi connectivity index (χ1v) is 8.52.